The van der Waals surface area contributed by atoms with Crippen molar-refractivity contribution < 1.29 is 14.2 Å². The van der Waals surface area contributed by atoms with E-state index in [4.69, 9.17) is 14.2 Å². The SMILES string of the molecule is COc1ccccc1C1CCN(CC2COCCO2)CC1. The highest BCUT2D eigenvalue weighted by molar-refractivity contribution is 5.36. The number of hydrogen-bond acceptors (Lipinski definition) is 4. The highest BCUT2D eigenvalue weighted by Crippen LogP contribution is 2.34. The first-order valence-electron chi connectivity index (χ1n) is 7.91. The van der Waals surface area contributed by atoms with Crippen LogP contribution in [0.2, 0.25) is 0 Å². The first-order chi connectivity index (χ1) is 10.4. The maximum absolute atomic E-state index is 5.74. The molecule has 0 aromatic heterocycles. The summed E-state index contributed by atoms with van der Waals surface area (Å²) in [6.07, 6.45) is 2.63. The van der Waals surface area contributed by atoms with Crippen molar-refractivity contribution in [2.75, 3.05) is 46.6 Å². The third kappa shape index (κ3) is 3.76. The lowest BCUT2D eigenvalue weighted by molar-refractivity contribution is -0.0988. The molecule has 0 radical (unpaired) electrons. The molecule has 0 N–H and O–H groups in total. The summed E-state index contributed by atoms with van der Waals surface area (Å²) in [4.78, 5) is 2.51. The molecule has 1 aromatic rings. The van der Waals surface area contributed by atoms with Crippen LogP contribution in [-0.4, -0.2) is 57.6 Å². The van der Waals surface area contributed by atoms with Gasteiger partial charge in [-0.25, -0.2) is 0 Å². The Balaban J connectivity index is 1.52. The minimum Gasteiger partial charge on any atom is -0.496 e. The third-order valence-corrected chi connectivity index (χ3v) is 4.51. The van der Waals surface area contributed by atoms with Gasteiger partial charge in [-0.3, -0.25) is 0 Å². The van der Waals surface area contributed by atoms with Crippen LogP contribution in [0.15, 0.2) is 24.3 Å². The third-order valence-electron chi connectivity index (χ3n) is 4.51. The fourth-order valence-electron chi connectivity index (χ4n) is 3.36. The van der Waals surface area contributed by atoms with Gasteiger partial charge in [0.2, 0.25) is 0 Å². The molecule has 0 saturated carbocycles. The molecule has 3 rings (SSSR count). The fraction of sp³-hybridized carbons (Fsp3) is 0.647. The van der Waals surface area contributed by atoms with Gasteiger partial charge >= 0.3 is 0 Å². The first kappa shape index (κ1) is 14.8. The van der Waals surface area contributed by atoms with Crippen LogP contribution in [0, 0.1) is 0 Å². The lowest BCUT2D eigenvalue weighted by Gasteiger charge is -2.35. The second-order valence-electron chi connectivity index (χ2n) is 5.88. The van der Waals surface area contributed by atoms with Gasteiger partial charge in [-0.1, -0.05) is 18.2 Å². The van der Waals surface area contributed by atoms with Crippen LogP contribution < -0.4 is 4.74 Å². The number of methoxy groups -OCH3 is 1. The summed E-state index contributed by atoms with van der Waals surface area (Å²) in [6.45, 7) is 5.48. The molecule has 2 fully saturated rings. The van der Waals surface area contributed by atoms with Crippen LogP contribution in [0.5, 0.6) is 5.75 Å². The Bertz CT molecular complexity index is 437. The molecular weight excluding hydrogens is 266 g/mol. The van der Waals surface area contributed by atoms with Gasteiger partial charge in [-0.2, -0.15) is 0 Å². The quantitative estimate of drug-likeness (QED) is 0.851. The number of para-hydroxylation sites is 1. The number of ether oxygens (including phenoxy) is 3. The zero-order valence-corrected chi connectivity index (χ0v) is 12.8. The number of hydrogen-bond donors (Lipinski definition) is 0. The molecule has 0 aliphatic carbocycles. The van der Waals surface area contributed by atoms with Crippen molar-refractivity contribution in [2.45, 2.75) is 24.9 Å². The van der Waals surface area contributed by atoms with Crippen LogP contribution in [-0.2, 0) is 9.47 Å². The van der Waals surface area contributed by atoms with Crippen molar-refractivity contribution in [3.8, 4) is 5.75 Å². The molecule has 0 spiro atoms. The Morgan fingerprint density at radius 2 is 2.00 bits per heavy atom. The minimum atomic E-state index is 0.251. The molecule has 2 aliphatic rings. The predicted octanol–water partition coefficient (Wildman–Crippen LogP) is 2.29. The molecule has 2 heterocycles. The monoisotopic (exact) mass is 291 g/mol. The number of piperidine rings is 1. The molecule has 0 amide bonds. The highest BCUT2D eigenvalue weighted by Gasteiger charge is 2.25. The normalized spacial score (nSPS) is 24.9. The van der Waals surface area contributed by atoms with E-state index in [2.05, 4.69) is 23.1 Å². The van der Waals surface area contributed by atoms with E-state index in [1.807, 2.05) is 6.07 Å². The van der Waals surface area contributed by atoms with Gasteiger partial charge in [0.25, 0.3) is 0 Å². The molecular formula is C17H25NO3. The van der Waals surface area contributed by atoms with Crippen LogP contribution in [0.4, 0.5) is 0 Å². The second-order valence-corrected chi connectivity index (χ2v) is 5.88. The number of rotatable bonds is 4. The van der Waals surface area contributed by atoms with Crippen molar-refractivity contribution in [1.82, 2.24) is 4.90 Å². The largest absolute Gasteiger partial charge is 0.496 e. The van der Waals surface area contributed by atoms with Gasteiger partial charge in [0.1, 0.15) is 5.75 Å². The number of likely N-dealkylation sites (tertiary alicyclic amines) is 1. The second kappa shape index (κ2) is 7.25. The summed E-state index contributed by atoms with van der Waals surface area (Å²) in [7, 11) is 1.76. The van der Waals surface area contributed by atoms with Crippen molar-refractivity contribution in [2.24, 2.45) is 0 Å². The summed E-state index contributed by atoms with van der Waals surface area (Å²) in [5.41, 5.74) is 1.36. The van der Waals surface area contributed by atoms with E-state index in [0.717, 1.165) is 45.2 Å². The summed E-state index contributed by atoms with van der Waals surface area (Å²) in [5, 5.41) is 0. The van der Waals surface area contributed by atoms with E-state index in [-0.39, 0.29) is 6.10 Å². The summed E-state index contributed by atoms with van der Waals surface area (Å²) in [6, 6.07) is 8.42. The van der Waals surface area contributed by atoms with E-state index in [9.17, 15) is 0 Å². The van der Waals surface area contributed by atoms with Crippen LogP contribution in [0.25, 0.3) is 0 Å². The molecule has 4 heteroatoms. The molecule has 4 nitrogen and oxygen atoms in total. The molecule has 0 bridgehead atoms. The van der Waals surface area contributed by atoms with Gasteiger partial charge < -0.3 is 19.1 Å². The summed E-state index contributed by atoms with van der Waals surface area (Å²) >= 11 is 0. The average Bonchev–Trinajstić information content (AvgIpc) is 2.56. The van der Waals surface area contributed by atoms with E-state index < -0.39 is 0 Å². The van der Waals surface area contributed by atoms with Crippen molar-refractivity contribution in [1.29, 1.82) is 0 Å². The predicted molar refractivity (Wildman–Crippen MR) is 82.0 cm³/mol. The molecule has 2 aliphatic heterocycles. The Kier molecular flexibility index (Phi) is 5.12. The van der Waals surface area contributed by atoms with Gasteiger partial charge in [-0.05, 0) is 43.5 Å². The first-order valence-corrected chi connectivity index (χ1v) is 7.91. The maximum Gasteiger partial charge on any atom is 0.122 e. The van der Waals surface area contributed by atoms with E-state index in [0.29, 0.717) is 5.92 Å². The Labute approximate surface area is 127 Å². The van der Waals surface area contributed by atoms with Crippen molar-refractivity contribution >= 4 is 0 Å². The lowest BCUT2D eigenvalue weighted by atomic mass is 9.88. The van der Waals surface area contributed by atoms with E-state index in [1.165, 1.54) is 18.4 Å². The Morgan fingerprint density at radius 1 is 1.19 bits per heavy atom. The maximum atomic E-state index is 5.74. The molecule has 2 saturated heterocycles. The van der Waals surface area contributed by atoms with Gasteiger partial charge in [0.15, 0.2) is 0 Å². The standard InChI is InChI=1S/C17H25NO3/c1-19-17-5-3-2-4-16(17)14-6-8-18(9-7-14)12-15-13-20-10-11-21-15/h2-5,14-15H,6-13H2,1H3. The van der Waals surface area contributed by atoms with E-state index in [1.54, 1.807) is 7.11 Å². The van der Waals surface area contributed by atoms with Gasteiger partial charge in [0.05, 0.1) is 33.0 Å². The van der Waals surface area contributed by atoms with E-state index >= 15 is 0 Å². The topological polar surface area (TPSA) is 30.9 Å². The summed E-state index contributed by atoms with van der Waals surface area (Å²) in [5.74, 6) is 1.64. The zero-order chi connectivity index (χ0) is 14.5. The Morgan fingerprint density at radius 3 is 2.71 bits per heavy atom. The molecule has 1 atom stereocenters. The Hall–Kier alpha value is -1.10. The molecule has 1 unspecified atom stereocenters. The molecule has 116 valence electrons. The fourth-order valence-corrected chi connectivity index (χ4v) is 3.36. The highest BCUT2D eigenvalue weighted by atomic mass is 16.6. The average molecular weight is 291 g/mol. The van der Waals surface area contributed by atoms with Crippen LogP contribution in [0.3, 0.4) is 0 Å². The van der Waals surface area contributed by atoms with Crippen LogP contribution in [0.1, 0.15) is 24.3 Å². The smallest absolute Gasteiger partial charge is 0.122 e. The minimum absolute atomic E-state index is 0.251. The van der Waals surface area contributed by atoms with Crippen LogP contribution >= 0.6 is 0 Å². The van der Waals surface area contributed by atoms with Crippen molar-refractivity contribution in [3.63, 3.8) is 0 Å². The number of benzene rings is 1. The van der Waals surface area contributed by atoms with Crippen molar-refractivity contribution in [3.05, 3.63) is 29.8 Å². The van der Waals surface area contributed by atoms with Gasteiger partial charge in [0, 0.05) is 6.54 Å². The summed E-state index contributed by atoms with van der Waals surface area (Å²) < 4.78 is 16.7. The molecule has 21 heavy (non-hydrogen) atoms. The number of nitrogens with zero attached hydrogens (tertiary/aromatic N) is 1. The lowest BCUT2D eigenvalue weighted by Crippen LogP contribution is -2.43. The zero-order valence-electron chi connectivity index (χ0n) is 12.8. The molecule has 1 aromatic carbocycles. The van der Waals surface area contributed by atoms with Gasteiger partial charge in [-0.15, -0.1) is 0 Å².